The molecule has 1 saturated carbocycles. The molecule has 1 aromatic carbocycles. The molecule has 1 fully saturated rings. The molecule has 0 saturated heterocycles. The van der Waals surface area contributed by atoms with Crippen molar-refractivity contribution in [3.8, 4) is 0 Å². The van der Waals surface area contributed by atoms with Gasteiger partial charge in [-0.3, -0.25) is 4.79 Å². The van der Waals surface area contributed by atoms with Crippen LogP contribution in [0.4, 0.5) is 8.78 Å². The third kappa shape index (κ3) is 3.73. The number of aromatic nitrogens is 1. The predicted molar refractivity (Wildman–Crippen MR) is 94.7 cm³/mol. The highest BCUT2D eigenvalue weighted by atomic mass is 32.1. The van der Waals surface area contributed by atoms with Crippen LogP contribution in [0.5, 0.6) is 0 Å². The van der Waals surface area contributed by atoms with Crippen LogP contribution in [0.2, 0.25) is 0 Å². The molecule has 1 aliphatic carbocycles. The van der Waals surface area contributed by atoms with E-state index in [4.69, 9.17) is 0 Å². The van der Waals surface area contributed by atoms with Gasteiger partial charge in [0.25, 0.3) is 5.91 Å². The summed E-state index contributed by atoms with van der Waals surface area (Å²) in [5.74, 6) is -2.32. The smallest absolute Gasteiger partial charge is 0.282 e. The van der Waals surface area contributed by atoms with Crippen molar-refractivity contribution in [3.05, 3.63) is 50.8 Å². The fraction of sp³-hybridized carbons (Fsp3) is 0.474. The number of hydrogen-bond donors (Lipinski definition) is 0. The van der Waals surface area contributed by atoms with Crippen molar-refractivity contribution in [1.29, 1.82) is 0 Å². The van der Waals surface area contributed by atoms with E-state index in [0.29, 0.717) is 10.7 Å². The van der Waals surface area contributed by atoms with Crippen LogP contribution < -0.4 is 4.80 Å². The molecule has 1 aromatic heterocycles. The molecule has 134 valence electrons. The van der Waals surface area contributed by atoms with E-state index in [1.165, 1.54) is 36.3 Å². The Morgan fingerprint density at radius 1 is 1.32 bits per heavy atom. The van der Waals surface area contributed by atoms with Gasteiger partial charge in [0.1, 0.15) is 0 Å². The number of nitrogens with zero attached hydrogens (tertiary/aromatic N) is 2. The van der Waals surface area contributed by atoms with E-state index in [1.807, 2.05) is 6.92 Å². The molecule has 0 aliphatic heterocycles. The largest absolute Gasteiger partial charge is 0.320 e. The van der Waals surface area contributed by atoms with Gasteiger partial charge < -0.3 is 4.57 Å². The van der Waals surface area contributed by atoms with Crippen molar-refractivity contribution in [1.82, 2.24) is 4.57 Å². The minimum absolute atomic E-state index is 0.0685. The van der Waals surface area contributed by atoms with Gasteiger partial charge in [0.15, 0.2) is 16.4 Å². The maximum absolute atomic E-state index is 13.9. The van der Waals surface area contributed by atoms with Crippen molar-refractivity contribution < 1.29 is 13.6 Å². The minimum atomic E-state index is -1.14. The van der Waals surface area contributed by atoms with Gasteiger partial charge in [0, 0.05) is 17.1 Å². The molecule has 0 spiro atoms. The molecule has 0 atom stereocenters. The van der Waals surface area contributed by atoms with Gasteiger partial charge in [-0.15, -0.1) is 11.3 Å². The number of hydrogen-bond acceptors (Lipinski definition) is 2. The van der Waals surface area contributed by atoms with Crippen molar-refractivity contribution >= 4 is 17.2 Å². The molecule has 3 nitrogen and oxygen atoms in total. The fourth-order valence-corrected chi connectivity index (χ4v) is 4.05. The zero-order valence-corrected chi connectivity index (χ0v) is 15.7. The quantitative estimate of drug-likeness (QED) is 0.785. The van der Waals surface area contributed by atoms with Crippen LogP contribution in [0.3, 0.4) is 0 Å². The highest BCUT2D eigenvalue weighted by Crippen LogP contribution is 2.33. The van der Waals surface area contributed by atoms with Crippen molar-refractivity contribution in [2.24, 2.45) is 10.9 Å². The monoisotopic (exact) mass is 364 g/mol. The van der Waals surface area contributed by atoms with Crippen molar-refractivity contribution in [3.63, 3.8) is 0 Å². The van der Waals surface area contributed by atoms with E-state index < -0.39 is 17.5 Å². The Morgan fingerprint density at radius 2 is 2.00 bits per heavy atom. The number of carbonyl (C=O) groups excluding carboxylic acids is 1. The molecule has 6 heteroatoms. The molecular formula is C19H22F2N2OS. The highest BCUT2D eigenvalue weighted by molar-refractivity contribution is 7.09. The van der Waals surface area contributed by atoms with E-state index in [2.05, 4.69) is 30.3 Å². The summed E-state index contributed by atoms with van der Waals surface area (Å²) in [7, 11) is 0. The number of amides is 1. The van der Waals surface area contributed by atoms with E-state index in [1.54, 1.807) is 0 Å². The molecule has 3 rings (SSSR count). The molecule has 0 bridgehead atoms. The van der Waals surface area contributed by atoms with E-state index in [9.17, 15) is 13.6 Å². The third-order valence-corrected chi connectivity index (χ3v) is 5.96. The maximum atomic E-state index is 13.9. The Labute approximate surface area is 150 Å². The summed E-state index contributed by atoms with van der Waals surface area (Å²) in [6, 6.07) is 3.58. The first-order valence-corrected chi connectivity index (χ1v) is 9.24. The van der Waals surface area contributed by atoms with Gasteiger partial charge in [-0.1, -0.05) is 26.8 Å². The van der Waals surface area contributed by atoms with Gasteiger partial charge in [-0.2, -0.15) is 4.99 Å². The summed E-state index contributed by atoms with van der Waals surface area (Å²) in [4.78, 5) is 18.3. The summed E-state index contributed by atoms with van der Waals surface area (Å²) in [5, 5.41) is 0. The van der Waals surface area contributed by atoms with E-state index in [0.717, 1.165) is 23.2 Å². The average molecular weight is 364 g/mol. The first-order chi connectivity index (χ1) is 11.7. The molecule has 2 aromatic rings. The molecule has 1 heterocycles. The Hall–Kier alpha value is -1.82. The summed E-state index contributed by atoms with van der Waals surface area (Å²) < 4.78 is 29.3. The van der Waals surface area contributed by atoms with E-state index >= 15 is 0 Å². The zero-order valence-electron chi connectivity index (χ0n) is 14.9. The standard InChI is InChI=1S/C19H22F2N2OS/c1-11-16(19(2,3)4)25-18(23(11)10-12-8-9-12)22-17(24)13-6-5-7-14(20)15(13)21/h5-7,12H,8-10H2,1-4H3/b22-18-. The summed E-state index contributed by atoms with van der Waals surface area (Å²) in [6.07, 6.45) is 2.36. The molecule has 0 unspecified atom stereocenters. The SMILES string of the molecule is Cc1c(C(C)(C)C)s/c(=N\C(=O)c2cccc(F)c2F)n1CC1CC1. The number of thiazole rings is 1. The highest BCUT2D eigenvalue weighted by Gasteiger charge is 2.27. The second-order valence-electron chi connectivity index (χ2n) is 7.62. The average Bonchev–Trinajstić information content (AvgIpc) is 3.28. The number of benzene rings is 1. The Morgan fingerprint density at radius 3 is 2.60 bits per heavy atom. The normalized spacial score (nSPS) is 15.7. The van der Waals surface area contributed by atoms with Gasteiger partial charge in [-0.05, 0) is 43.2 Å². The van der Waals surface area contributed by atoms with E-state index in [-0.39, 0.29) is 11.0 Å². The van der Waals surface area contributed by atoms with Crippen LogP contribution in [-0.4, -0.2) is 10.5 Å². The van der Waals surface area contributed by atoms with Gasteiger partial charge >= 0.3 is 0 Å². The van der Waals surface area contributed by atoms with Crippen LogP contribution in [-0.2, 0) is 12.0 Å². The fourth-order valence-electron chi connectivity index (χ4n) is 2.85. The van der Waals surface area contributed by atoms with Crippen LogP contribution in [0.15, 0.2) is 23.2 Å². The van der Waals surface area contributed by atoms with Crippen LogP contribution in [0.1, 0.15) is 54.5 Å². The number of carbonyl (C=O) groups is 1. The molecule has 0 radical (unpaired) electrons. The lowest BCUT2D eigenvalue weighted by atomic mass is 9.93. The molecular weight excluding hydrogens is 342 g/mol. The maximum Gasteiger partial charge on any atom is 0.282 e. The molecule has 1 amide bonds. The molecule has 25 heavy (non-hydrogen) atoms. The topological polar surface area (TPSA) is 34.4 Å². The Balaban J connectivity index is 2.09. The second kappa shape index (κ2) is 6.48. The first-order valence-electron chi connectivity index (χ1n) is 8.42. The zero-order chi connectivity index (χ0) is 18.4. The second-order valence-corrected chi connectivity index (χ2v) is 8.60. The summed E-state index contributed by atoms with van der Waals surface area (Å²) in [5.41, 5.74) is 0.693. The van der Waals surface area contributed by atoms with Crippen LogP contribution in [0.25, 0.3) is 0 Å². The Bertz CT molecular complexity index is 886. The van der Waals surface area contributed by atoms with Gasteiger partial charge in [0.05, 0.1) is 5.56 Å². The molecule has 1 aliphatic rings. The minimum Gasteiger partial charge on any atom is -0.320 e. The lowest BCUT2D eigenvalue weighted by Crippen LogP contribution is -2.20. The Kier molecular flexibility index (Phi) is 4.66. The third-order valence-electron chi connectivity index (χ3n) is 4.36. The van der Waals surface area contributed by atoms with Gasteiger partial charge in [0.2, 0.25) is 0 Å². The molecule has 0 N–H and O–H groups in total. The van der Waals surface area contributed by atoms with Gasteiger partial charge in [-0.25, -0.2) is 8.78 Å². The predicted octanol–water partition coefficient (Wildman–Crippen LogP) is 4.58. The summed E-state index contributed by atoms with van der Waals surface area (Å²) >= 11 is 1.46. The number of rotatable bonds is 3. The van der Waals surface area contributed by atoms with Crippen LogP contribution in [0, 0.1) is 24.5 Å². The number of halogens is 2. The van der Waals surface area contributed by atoms with Crippen molar-refractivity contribution in [2.75, 3.05) is 0 Å². The van der Waals surface area contributed by atoms with Crippen molar-refractivity contribution in [2.45, 2.75) is 52.5 Å². The van der Waals surface area contributed by atoms with Crippen LogP contribution >= 0.6 is 11.3 Å². The lowest BCUT2D eigenvalue weighted by molar-refractivity contribution is 0.0993. The first kappa shape index (κ1) is 18.0. The lowest BCUT2D eigenvalue weighted by Gasteiger charge is -2.17. The summed E-state index contributed by atoms with van der Waals surface area (Å²) in [6.45, 7) is 9.20.